The topological polar surface area (TPSA) is 42.1 Å². The fourth-order valence-corrected chi connectivity index (χ4v) is 5.67. The summed E-state index contributed by atoms with van der Waals surface area (Å²) >= 11 is 0. The van der Waals surface area contributed by atoms with E-state index in [9.17, 15) is 5.11 Å². The molecule has 4 heterocycles. The van der Waals surface area contributed by atoms with Crippen LogP contribution >= 0.6 is 0 Å². The van der Waals surface area contributed by atoms with Crippen molar-refractivity contribution >= 4 is 10.9 Å². The van der Waals surface area contributed by atoms with Crippen LogP contribution in [-0.2, 0) is 6.42 Å². The van der Waals surface area contributed by atoms with Crippen LogP contribution in [0.5, 0.6) is 5.75 Å². The highest BCUT2D eigenvalue weighted by molar-refractivity contribution is 5.86. The van der Waals surface area contributed by atoms with Gasteiger partial charge < -0.3 is 10.1 Å². The molecule has 6 rings (SSSR count). The Labute approximate surface area is 131 Å². The minimum Gasteiger partial charge on any atom is -0.872 e. The summed E-state index contributed by atoms with van der Waals surface area (Å²) in [5, 5.41) is 13.0. The summed E-state index contributed by atoms with van der Waals surface area (Å²) in [5.74, 6) is 2.50. The van der Waals surface area contributed by atoms with Crippen LogP contribution in [0.3, 0.4) is 0 Å². The number of piperidine rings is 2. The Morgan fingerprint density at radius 1 is 1.32 bits per heavy atom. The van der Waals surface area contributed by atoms with Gasteiger partial charge in [-0.25, -0.2) is 0 Å². The summed E-state index contributed by atoms with van der Waals surface area (Å²) in [7, 11) is 0. The molecule has 2 aromatic rings. The predicted molar refractivity (Wildman–Crippen MR) is 86.1 cm³/mol. The molecule has 1 saturated carbocycles. The zero-order chi connectivity index (χ0) is 14.8. The van der Waals surface area contributed by atoms with Gasteiger partial charge in [0.25, 0.3) is 0 Å². The van der Waals surface area contributed by atoms with Gasteiger partial charge in [0, 0.05) is 41.6 Å². The van der Waals surface area contributed by atoms with E-state index in [0.29, 0.717) is 5.92 Å². The zero-order valence-electron chi connectivity index (χ0n) is 13.1. The molecule has 1 aromatic heterocycles. The fourth-order valence-electron chi connectivity index (χ4n) is 5.67. The lowest BCUT2D eigenvalue weighted by atomic mass is 9.65. The van der Waals surface area contributed by atoms with E-state index in [0.717, 1.165) is 36.4 Å². The van der Waals surface area contributed by atoms with Crippen molar-refractivity contribution in [2.24, 2.45) is 11.8 Å². The second-order valence-corrected chi connectivity index (χ2v) is 7.57. The van der Waals surface area contributed by atoms with Gasteiger partial charge in [-0.05, 0) is 42.7 Å². The summed E-state index contributed by atoms with van der Waals surface area (Å²) in [6.45, 7) is 4.82. The maximum absolute atomic E-state index is 11.8. The van der Waals surface area contributed by atoms with Gasteiger partial charge in [0.2, 0.25) is 0 Å². The van der Waals surface area contributed by atoms with E-state index in [4.69, 9.17) is 0 Å². The molecule has 3 heteroatoms. The van der Waals surface area contributed by atoms with E-state index < -0.39 is 0 Å². The third kappa shape index (κ3) is 1.66. The molecule has 116 valence electrons. The van der Waals surface area contributed by atoms with Crippen molar-refractivity contribution in [3.05, 3.63) is 29.5 Å². The Hall–Kier alpha value is -1.48. The molecule has 3 aliphatic heterocycles. The maximum Gasteiger partial charge on any atom is 0.0458 e. The Kier molecular flexibility index (Phi) is 2.67. The number of nitrogens with one attached hydrogen (secondary N) is 1. The van der Waals surface area contributed by atoms with Crippen LogP contribution in [0.2, 0.25) is 0 Å². The van der Waals surface area contributed by atoms with Gasteiger partial charge in [0.05, 0.1) is 0 Å². The SMILES string of the molecule is CC[C@H]1C[C@H]2C[C@H]3c4[nH]c5ccc([O-])cc5c4CCN(C2)C13. The van der Waals surface area contributed by atoms with Gasteiger partial charge in [-0.15, -0.1) is 5.75 Å². The second-order valence-electron chi connectivity index (χ2n) is 7.57. The Morgan fingerprint density at radius 3 is 3.09 bits per heavy atom. The quantitative estimate of drug-likeness (QED) is 0.879. The number of fused-ring (bicyclic) bond motifs is 4. The predicted octanol–water partition coefficient (Wildman–Crippen LogP) is 3.00. The minimum atomic E-state index is 0.134. The van der Waals surface area contributed by atoms with Gasteiger partial charge in [-0.2, -0.15) is 0 Å². The van der Waals surface area contributed by atoms with Crippen LogP contribution in [0.4, 0.5) is 0 Å². The molecule has 2 unspecified atom stereocenters. The summed E-state index contributed by atoms with van der Waals surface area (Å²) in [6, 6.07) is 6.22. The first-order chi connectivity index (χ1) is 10.7. The number of H-pyrrole nitrogens is 1. The Bertz CT molecular complexity index is 734. The lowest BCUT2D eigenvalue weighted by Crippen LogP contribution is -2.56. The van der Waals surface area contributed by atoms with E-state index in [-0.39, 0.29) is 5.75 Å². The molecule has 2 saturated heterocycles. The zero-order valence-corrected chi connectivity index (χ0v) is 13.1. The van der Waals surface area contributed by atoms with Crippen LogP contribution in [0, 0.1) is 11.8 Å². The molecule has 5 atom stereocenters. The normalized spacial score (nSPS) is 36.3. The third-order valence-electron chi connectivity index (χ3n) is 6.49. The number of hydrogen-bond acceptors (Lipinski definition) is 2. The maximum atomic E-state index is 11.8. The number of rotatable bonds is 1. The summed E-state index contributed by atoms with van der Waals surface area (Å²) in [6.07, 6.45) is 5.15. The average Bonchev–Trinajstić information content (AvgIpc) is 2.85. The van der Waals surface area contributed by atoms with Gasteiger partial charge in [-0.1, -0.05) is 25.5 Å². The van der Waals surface area contributed by atoms with Crippen LogP contribution < -0.4 is 5.11 Å². The van der Waals surface area contributed by atoms with Crippen LogP contribution in [-0.4, -0.2) is 29.0 Å². The van der Waals surface area contributed by atoms with Crippen molar-refractivity contribution in [1.82, 2.24) is 9.88 Å². The van der Waals surface area contributed by atoms with Crippen LogP contribution in [0.15, 0.2) is 18.2 Å². The van der Waals surface area contributed by atoms with Gasteiger partial charge >= 0.3 is 0 Å². The first kappa shape index (κ1) is 13.0. The van der Waals surface area contributed by atoms with Crippen molar-refractivity contribution in [2.75, 3.05) is 13.1 Å². The number of nitrogens with zero attached hydrogens (tertiary/aromatic N) is 1. The van der Waals surface area contributed by atoms with Crippen LogP contribution in [0.25, 0.3) is 10.9 Å². The van der Waals surface area contributed by atoms with E-state index >= 15 is 0 Å². The molecule has 1 N–H and O–H groups in total. The molecule has 4 bridgehead atoms. The van der Waals surface area contributed by atoms with Crippen LogP contribution in [0.1, 0.15) is 43.4 Å². The Morgan fingerprint density at radius 2 is 2.23 bits per heavy atom. The molecule has 3 fully saturated rings. The van der Waals surface area contributed by atoms with E-state index in [1.165, 1.54) is 42.5 Å². The van der Waals surface area contributed by atoms with Crippen molar-refractivity contribution in [3.63, 3.8) is 0 Å². The molecule has 22 heavy (non-hydrogen) atoms. The molecule has 4 aliphatic rings. The fraction of sp³-hybridized carbons (Fsp3) is 0.579. The highest BCUT2D eigenvalue weighted by Gasteiger charge is 2.48. The van der Waals surface area contributed by atoms with Gasteiger partial charge in [-0.3, -0.25) is 4.90 Å². The lowest BCUT2D eigenvalue weighted by molar-refractivity contribution is -0.268. The minimum absolute atomic E-state index is 0.134. The molecular formula is C19H23N2O-. The third-order valence-corrected chi connectivity index (χ3v) is 6.49. The standard InChI is InChI=1S/C19H24N2O/c1-2-12-7-11-8-16-18-14(5-6-21(10-11)19(12)16)15-9-13(22)3-4-17(15)20-18/h3-4,9,11-12,16,19-20,22H,2,5-8,10H2,1H3/p-1/t11-,12-,16-,19?/m0/s1. The largest absolute Gasteiger partial charge is 0.872 e. The lowest BCUT2D eigenvalue weighted by Gasteiger charge is -2.53. The van der Waals surface area contributed by atoms with Crippen molar-refractivity contribution in [3.8, 4) is 5.75 Å². The second kappa shape index (κ2) is 4.51. The first-order valence-electron chi connectivity index (χ1n) is 8.80. The van der Waals surface area contributed by atoms with Crippen molar-refractivity contribution < 1.29 is 5.11 Å². The molecule has 0 amide bonds. The first-order valence-corrected chi connectivity index (χ1v) is 8.80. The number of aromatic amines is 1. The molecule has 3 nitrogen and oxygen atoms in total. The van der Waals surface area contributed by atoms with Crippen molar-refractivity contribution in [1.29, 1.82) is 0 Å². The monoisotopic (exact) mass is 295 g/mol. The summed E-state index contributed by atoms with van der Waals surface area (Å²) < 4.78 is 0. The average molecular weight is 295 g/mol. The molecule has 1 aliphatic carbocycles. The van der Waals surface area contributed by atoms with E-state index in [2.05, 4.69) is 16.8 Å². The van der Waals surface area contributed by atoms with E-state index in [1.54, 1.807) is 6.07 Å². The number of hydrogen-bond donors (Lipinski definition) is 1. The smallest absolute Gasteiger partial charge is 0.0458 e. The Balaban J connectivity index is 1.69. The van der Waals surface area contributed by atoms with Gasteiger partial charge in [0.15, 0.2) is 0 Å². The van der Waals surface area contributed by atoms with Gasteiger partial charge in [0.1, 0.15) is 0 Å². The molecule has 0 radical (unpaired) electrons. The number of benzene rings is 1. The highest BCUT2D eigenvalue weighted by atomic mass is 16.3. The molecule has 0 spiro atoms. The molecule has 1 aromatic carbocycles. The summed E-state index contributed by atoms with van der Waals surface area (Å²) in [5.41, 5.74) is 4.05. The summed E-state index contributed by atoms with van der Waals surface area (Å²) in [4.78, 5) is 6.46. The van der Waals surface area contributed by atoms with E-state index in [1.807, 2.05) is 12.1 Å². The highest BCUT2D eigenvalue weighted by Crippen LogP contribution is 2.51. The van der Waals surface area contributed by atoms with Crippen molar-refractivity contribution in [2.45, 2.75) is 44.6 Å². The molecular weight excluding hydrogens is 272 g/mol. The number of aromatic nitrogens is 1.